The second-order valence-electron chi connectivity index (χ2n) is 5.96. The van der Waals surface area contributed by atoms with Gasteiger partial charge in [-0.2, -0.15) is 0 Å². The number of rotatable bonds is 8. The summed E-state index contributed by atoms with van der Waals surface area (Å²) in [6.07, 6.45) is 3.75. The lowest BCUT2D eigenvalue weighted by atomic mass is 9.76. The number of nitrogens with one attached hydrogen (secondary N) is 2. The van der Waals surface area contributed by atoms with Crippen LogP contribution in [-0.4, -0.2) is 38.8 Å². The van der Waals surface area contributed by atoms with Gasteiger partial charge < -0.3 is 15.4 Å². The van der Waals surface area contributed by atoms with Crippen LogP contribution < -0.4 is 10.6 Å². The van der Waals surface area contributed by atoms with Crippen LogP contribution in [0.4, 0.5) is 0 Å². The molecule has 0 saturated carbocycles. The van der Waals surface area contributed by atoms with Crippen molar-refractivity contribution in [3.8, 4) is 0 Å². The van der Waals surface area contributed by atoms with Gasteiger partial charge in [-0.15, -0.1) is 0 Å². The molecule has 2 N–H and O–H groups in total. The van der Waals surface area contributed by atoms with E-state index in [0.717, 1.165) is 58.5 Å². The highest BCUT2D eigenvalue weighted by Crippen LogP contribution is 2.32. The van der Waals surface area contributed by atoms with Crippen molar-refractivity contribution in [2.75, 3.05) is 32.8 Å². The topological polar surface area (TPSA) is 50.4 Å². The number of carbonyl (C=O) groups is 1. The number of hydrogen-bond acceptors (Lipinski definition) is 3. The minimum absolute atomic E-state index is 0.135. The first-order chi connectivity index (χ1) is 9.10. The maximum atomic E-state index is 12.3. The average molecular weight is 270 g/mol. The summed E-state index contributed by atoms with van der Waals surface area (Å²) in [4.78, 5) is 12.3. The Morgan fingerprint density at radius 2 is 2.05 bits per heavy atom. The fourth-order valence-electron chi connectivity index (χ4n) is 2.53. The Morgan fingerprint density at radius 3 is 2.63 bits per heavy atom. The van der Waals surface area contributed by atoms with Gasteiger partial charge >= 0.3 is 0 Å². The zero-order valence-corrected chi connectivity index (χ0v) is 12.8. The Balaban J connectivity index is 2.18. The third kappa shape index (κ3) is 5.49. The first kappa shape index (κ1) is 16.4. The van der Waals surface area contributed by atoms with Crippen LogP contribution >= 0.6 is 0 Å². The Labute approximate surface area is 117 Å². The molecule has 0 aromatic heterocycles. The lowest BCUT2D eigenvalue weighted by molar-refractivity contribution is -0.132. The van der Waals surface area contributed by atoms with E-state index in [1.54, 1.807) is 0 Å². The van der Waals surface area contributed by atoms with E-state index in [1.807, 2.05) is 0 Å². The van der Waals surface area contributed by atoms with Crippen molar-refractivity contribution in [1.29, 1.82) is 0 Å². The van der Waals surface area contributed by atoms with Crippen LogP contribution in [0.5, 0.6) is 0 Å². The summed E-state index contributed by atoms with van der Waals surface area (Å²) in [5.74, 6) is 0.813. The zero-order chi connectivity index (χ0) is 14.1. The third-order valence-corrected chi connectivity index (χ3v) is 3.92. The van der Waals surface area contributed by atoms with Crippen LogP contribution in [0.25, 0.3) is 0 Å². The quantitative estimate of drug-likeness (QED) is 0.663. The monoisotopic (exact) mass is 270 g/mol. The van der Waals surface area contributed by atoms with Gasteiger partial charge in [-0.1, -0.05) is 20.8 Å². The molecule has 1 fully saturated rings. The second-order valence-corrected chi connectivity index (χ2v) is 5.96. The Bertz CT molecular complexity index is 261. The molecule has 0 bridgehead atoms. The van der Waals surface area contributed by atoms with Gasteiger partial charge in [0.15, 0.2) is 0 Å². The van der Waals surface area contributed by atoms with Gasteiger partial charge in [-0.3, -0.25) is 4.79 Å². The van der Waals surface area contributed by atoms with E-state index in [9.17, 15) is 4.79 Å². The molecular formula is C15H30N2O2. The third-order valence-electron chi connectivity index (χ3n) is 3.92. The van der Waals surface area contributed by atoms with E-state index in [-0.39, 0.29) is 11.3 Å². The summed E-state index contributed by atoms with van der Waals surface area (Å²) in [7, 11) is 0. The van der Waals surface area contributed by atoms with Gasteiger partial charge in [-0.25, -0.2) is 0 Å². The molecule has 4 heteroatoms. The van der Waals surface area contributed by atoms with E-state index in [4.69, 9.17) is 4.74 Å². The molecule has 0 unspecified atom stereocenters. The predicted molar refractivity (Wildman–Crippen MR) is 78.1 cm³/mol. The fourth-order valence-corrected chi connectivity index (χ4v) is 2.53. The summed E-state index contributed by atoms with van der Waals surface area (Å²) in [5.41, 5.74) is -0.135. The number of hydrogen-bond donors (Lipinski definition) is 2. The van der Waals surface area contributed by atoms with Crippen molar-refractivity contribution in [1.82, 2.24) is 10.6 Å². The first-order valence-corrected chi connectivity index (χ1v) is 7.67. The van der Waals surface area contributed by atoms with Crippen LogP contribution in [0.1, 0.15) is 46.5 Å². The molecule has 0 radical (unpaired) electrons. The van der Waals surface area contributed by atoms with Crippen molar-refractivity contribution in [2.45, 2.75) is 46.5 Å². The Morgan fingerprint density at radius 1 is 1.37 bits per heavy atom. The molecular weight excluding hydrogens is 240 g/mol. The number of carbonyl (C=O) groups excluding carboxylic acids is 1. The molecule has 1 heterocycles. The molecule has 112 valence electrons. The standard InChI is InChI=1S/C15H30N2O2/c1-4-15(6-9-16-10-7-15)14(18)17-8-5-11-19-12-13(2)3/h13,16H,4-12H2,1-3H3,(H,17,18). The summed E-state index contributed by atoms with van der Waals surface area (Å²) in [6.45, 7) is 10.6. The SMILES string of the molecule is CCC1(C(=O)NCCCOCC(C)C)CCNCC1. The Hall–Kier alpha value is -0.610. The van der Waals surface area contributed by atoms with Gasteiger partial charge in [0.1, 0.15) is 0 Å². The number of ether oxygens (including phenoxy) is 1. The normalized spacial score (nSPS) is 18.5. The summed E-state index contributed by atoms with van der Waals surface area (Å²) in [6, 6.07) is 0. The molecule has 1 aliphatic heterocycles. The highest BCUT2D eigenvalue weighted by Gasteiger charge is 2.37. The second kappa shape index (κ2) is 8.54. The first-order valence-electron chi connectivity index (χ1n) is 7.67. The number of piperidine rings is 1. The molecule has 1 aliphatic rings. The van der Waals surface area contributed by atoms with E-state index >= 15 is 0 Å². The van der Waals surface area contributed by atoms with Gasteiger partial charge in [-0.05, 0) is 44.7 Å². The molecule has 0 aromatic carbocycles. The van der Waals surface area contributed by atoms with E-state index in [0.29, 0.717) is 5.92 Å². The lowest BCUT2D eigenvalue weighted by Crippen LogP contribution is -2.47. The molecule has 4 nitrogen and oxygen atoms in total. The molecule has 0 atom stereocenters. The highest BCUT2D eigenvalue weighted by molar-refractivity contribution is 5.82. The average Bonchev–Trinajstić information content (AvgIpc) is 2.42. The smallest absolute Gasteiger partial charge is 0.226 e. The molecule has 0 aromatic rings. The lowest BCUT2D eigenvalue weighted by Gasteiger charge is -2.35. The van der Waals surface area contributed by atoms with Crippen molar-refractivity contribution in [2.24, 2.45) is 11.3 Å². The van der Waals surface area contributed by atoms with E-state index in [1.165, 1.54) is 0 Å². The predicted octanol–water partition coefficient (Wildman–Crippen LogP) is 1.95. The van der Waals surface area contributed by atoms with Crippen LogP contribution in [0.2, 0.25) is 0 Å². The summed E-state index contributed by atoms with van der Waals surface area (Å²) >= 11 is 0. The molecule has 1 amide bonds. The van der Waals surface area contributed by atoms with Crippen molar-refractivity contribution < 1.29 is 9.53 Å². The largest absolute Gasteiger partial charge is 0.381 e. The molecule has 1 rings (SSSR count). The highest BCUT2D eigenvalue weighted by atomic mass is 16.5. The van der Waals surface area contributed by atoms with Gasteiger partial charge in [0.25, 0.3) is 0 Å². The van der Waals surface area contributed by atoms with Gasteiger partial charge in [0, 0.05) is 19.8 Å². The minimum Gasteiger partial charge on any atom is -0.381 e. The number of amides is 1. The van der Waals surface area contributed by atoms with E-state index in [2.05, 4.69) is 31.4 Å². The molecule has 0 spiro atoms. The van der Waals surface area contributed by atoms with Crippen molar-refractivity contribution in [3.63, 3.8) is 0 Å². The van der Waals surface area contributed by atoms with Crippen LogP contribution in [0, 0.1) is 11.3 Å². The molecule has 1 saturated heterocycles. The molecule has 19 heavy (non-hydrogen) atoms. The van der Waals surface area contributed by atoms with Crippen LogP contribution in [0.15, 0.2) is 0 Å². The van der Waals surface area contributed by atoms with E-state index < -0.39 is 0 Å². The molecule has 0 aliphatic carbocycles. The van der Waals surface area contributed by atoms with Crippen molar-refractivity contribution in [3.05, 3.63) is 0 Å². The zero-order valence-electron chi connectivity index (χ0n) is 12.8. The summed E-state index contributed by atoms with van der Waals surface area (Å²) < 4.78 is 5.51. The van der Waals surface area contributed by atoms with Crippen LogP contribution in [-0.2, 0) is 9.53 Å². The maximum absolute atomic E-state index is 12.3. The van der Waals surface area contributed by atoms with Crippen LogP contribution in [0.3, 0.4) is 0 Å². The minimum atomic E-state index is -0.135. The van der Waals surface area contributed by atoms with Crippen molar-refractivity contribution >= 4 is 5.91 Å². The van der Waals surface area contributed by atoms with Gasteiger partial charge in [0.2, 0.25) is 5.91 Å². The summed E-state index contributed by atoms with van der Waals surface area (Å²) in [5, 5.41) is 6.41. The fraction of sp³-hybridized carbons (Fsp3) is 0.933. The maximum Gasteiger partial charge on any atom is 0.226 e. The van der Waals surface area contributed by atoms with Gasteiger partial charge in [0.05, 0.1) is 5.41 Å². The Kier molecular flexibility index (Phi) is 7.39.